The minimum Gasteiger partial charge on any atom is -0.393 e. The van der Waals surface area contributed by atoms with Crippen molar-refractivity contribution in [3.05, 3.63) is 36.2 Å². The van der Waals surface area contributed by atoms with Gasteiger partial charge in [-0.15, -0.1) is 0 Å². The lowest BCUT2D eigenvalue weighted by molar-refractivity contribution is 0.120. The maximum absolute atomic E-state index is 6.18. The van der Waals surface area contributed by atoms with Crippen LogP contribution in [-0.4, -0.2) is 29.2 Å². The Hall–Kier alpha value is -2.34. The van der Waals surface area contributed by atoms with E-state index in [-0.39, 0.29) is 6.10 Å². The largest absolute Gasteiger partial charge is 0.393 e. The van der Waals surface area contributed by atoms with Crippen molar-refractivity contribution >= 4 is 23.0 Å². The van der Waals surface area contributed by atoms with Crippen LogP contribution in [0.25, 0.3) is 0 Å². The number of para-hydroxylation sites is 1. The van der Waals surface area contributed by atoms with Crippen LogP contribution in [0.5, 0.6) is 0 Å². The molecule has 2 aromatic rings. The minimum absolute atomic E-state index is 0.238. The van der Waals surface area contributed by atoms with Crippen molar-refractivity contribution < 1.29 is 4.74 Å². The number of hydrogen-bond donors (Lipinski definition) is 3. The van der Waals surface area contributed by atoms with E-state index < -0.39 is 0 Å². The van der Waals surface area contributed by atoms with Crippen LogP contribution < -0.4 is 16.4 Å². The quantitative estimate of drug-likeness (QED) is 0.787. The van der Waals surface area contributed by atoms with Crippen molar-refractivity contribution in [2.75, 3.05) is 29.5 Å². The number of benzene rings is 1. The van der Waals surface area contributed by atoms with Gasteiger partial charge in [0, 0.05) is 18.8 Å². The standard InChI is InChI=1S/C16H21N5O/c1-11-5-2-3-7-13(11)21-16-14(17)15(19-10-20-16)18-9-12-6-4-8-22-12/h2-3,5,7,10,12H,4,6,8-9,17H2,1H3,(H2,18,19,20,21). The number of rotatable bonds is 5. The molecule has 3 rings (SSSR count). The Bertz CT molecular complexity index is 640. The van der Waals surface area contributed by atoms with Gasteiger partial charge in [0.15, 0.2) is 11.6 Å². The number of nitrogens with zero attached hydrogens (tertiary/aromatic N) is 2. The van der Waals surface area contributed by atoms with Gasteiger partial charge in [-0.3, -0.25) is 0 Å². The van der Waals surface area contributed by atoms with E-state index in [1.807, 2.05) is 31.2 Å². The number of nitrogens with two attached hydrogens (primary N) is 1. The van der Waals surface area contributed by atoms with Crippen LogP contribution in [-0.2, 0) is 4.74 Å². The fraction of sp³-hybridized carbons (Fsp3) is 0.375. The third-order valence-corrected chi connectivity index (χ3v) is 3.80. The first-order valence-corrected chi connectivity index (χ1v) is 7.52. The number of aryl methyl sites for hydroxylation is 1. The van der Waals surface area contributed by atoms with Gasteiger partial charge in [0.25, 0.3) is 0 Å². The molecule has 22 heavy (non-hydrogen) atoms. The second kappa shape index (κ2) is 6.62. The molecular formula is C16H21N5O. The molecular weight excluding hydrogens is 278 g/mol. The van der Waals surface area contributed by atoms with Crippen molar-refractivity contribution in [3.63, 3.8) is 0 Å². The van der Waals surface area contributed by atoms with Crippen molar-refractivity contribution in [1.82, 2.24) is 9.97 Å². The first kappa shape index (κ1) is 14.6. The minimum atomic E-state index is 0.238. The molecule has 0 aliphatic carbocycles. The molecule has 4 N–H and O–H groups in total. The third kappa shape index (κ3) is 3.28. The third-order valence-electron chi connectivity index (χ3n) is 3.80. The highest BCUT2D eigenvalue weighted by Crippen LogP contribution is 2.27. The van der Waals surface area contributed by atoms with E-state index >= 15 is 0 Å². The molecule has 1 fully saturated rings. The summed E-state index contributed by atoms with van der Waals surface area (Å²) < 4.78 is 5.59. The maximum atomic E-state index is 6.18. The van der Waals surface area contributed by atoms with Gasteiger partial charge in [-0.2, -0.15) is 0 Å². The average molecular weight is 299 g/mol. The number of nitrogen functional groups attached to an aromatic ring is 1. The van der Waals surface area contributed by atoms with Crippen LogP contribution in [0.3, 0.4) is 0 Å². The van der Waals surface area contributed by atoms with Crippen molar-refractivity contribution in [3.8, 4) is 0 Å². The molecule has 1 aromatic carbocycles. The lowest BCUT2D eigenvalue weighted by Gasteiger charge is -2.15. The molecule has 116 valence electrons. The highest BCUT2D eigenvalue weighted by molar-refractivity contribution is 5.78. The van der Waals surface area contributed by atoms with E-state index in [2.05, 4.69) is 20.6 Å². The summed E-state index contributed by atoms with van der Waals surface area (Å²) in [6.07, 6.45) is 3.94. The van der Waals surface area contributed by atoms with Crippen LogP contribution in [0.1, 0.15) is 18.4 Å². The normalized spacial score (nSPS) is 17.4. The summed E-state index contributed by atoms with van der Waals surface area (Å²) in [5, 5.41) is 6.52. The SMILES string of the molecule is Cc1ccccc1Nc1ncnc(NCC2CCCO2)c1N. The van der Waals surface area contributed by atoms with Crippen molar-refractivity contribution in [2.24, 2.45) is 0 Å². The lowest BCUT2D eigenvalue weighted by Crippen LogP contribution is -2.20. The Morgan fingerprint density at radius 3 is 2.86 bits per heavy atom. The zero-order valence-electron chi connectivity index (χ0n) is 12.7. The molecule has 0 radical (unpaired) electrons. The fourth-order valence-corrected chi connectivity index (χ4v) is 2.49. The molecule has 6 nitrogen and oxygen atoms in total. The van der Waals surface area contributed by atoms with Gasteiger partial charge >= 0.3 is 0 Å². The smallest absolute Gasteiger partial charge is 0.159 e. The van der Waals surface area contributed by atoms with Gasteiger partial charge in [-0.05, 0) is 31.4 Å². The summed E-state index contributed by atoms with van der Waals surface area (Å²) in [5.74, 6) is 1.25. The molecule has 6 heteroatoms. The number of nitrogens with one attached hydrogen (secondary N) is 2. The Labute approximate surface area is 130 Å². The van der Waals surface area contributed by atoms with Gasteiger partial charge in [0.05, 0.1) is 6.10 Å². The van der Waals surface area contributed by atoms with Crippen molar-refractivity contribution in [2.45, 2.75) is 25.9 Å². The molecule has 1 atom stereocenters. The Morgan fingerprint density at radius 2 is 2.09 bits per heavy atom. The van der Waals surface area contributed by atoms with E-state index in [0.717, 1.165) is 30.7 Å². The van der Waals surface area contributed by atoms with E-state index in [0.29, 0.717) is 23.9 Å². The summed E-state index contributed by atoms with van der Waals surface area (Å²) in [5.41, 5.74) is 8.81. The maximum Gasteiger partial charge on any atom is 0.159 e. The molecule has 1 aliphatic rings. The molecule has 1 saturated heterocycles. The molecule has 1 unspecified atom stereocenters. The van der Waals surface area contributed by atoms with Gasteiger partial charge in [0.1, 0.15) is 12.0 Å². The van der Waals surface area contributed by atoms with Crippen LogP contribution >= 0.6 is 0 Å². The first-order chi connectivity index (χ1) is 10.7. The van der Waals surface area contributed by atoms with E-state index in [4.69, 9.17) is 10.5 Å². The van der Waals surface area contributed by atoms with E-state index in [1.54, 1.807) is 0 Å². The van der Waals surface area contributed by atoms with Crippen LogP contribution in [0.2, 0.25) is 0 Å². The molecule has 0 saturated carbocycles. The number of hydrogen-bond acceptors (Lipinski definition) is 6. The topological polar surface area (TPSA) is 85.1 Å². The van der Waals surface area contributed by atoms with Gasteiger partial charge in [0.2, 0.25) is 0 Å². The van der Waals surface area contributed by atoms with Gasteiger partial charge in [-0.25, -0.2) is 9.97 Å². The van der Waals surface area contributed by atoms with Crippen molar-refractivity contribution in [1.29, 1.82) is 0 Å². The number of anilines is 4. The molecule has 2 heterocycles. The summed E-state index contributed by atoms with van der Waals surface area (Å²) in [6.45, 7) is 3.59. The highest BCUT2D eigenvalue weighted by Gasteiger charge is 2.16. The van der Waals surface area contributed by atoms with Crippen LogP contribution in [0.15, 0.2) is 30.6 Å². The molecule has 1 aliphatic heterocycles. The Morgan fingerprint density at radius 1 is 1.27 bits per heavy atom. The number of ether oxygens (including phenoxy) is 1. The van der Waals surface area contributed by atoms with E-state index in [9.17, 15) is 0 Å². The van der Waals surface area contributed by atoms with Gasteiger partial charge in [-0.1, -0.05) is 18.2 Å². The predicted octanol–water partition coefficient (Wildman–Crippen LogP) is 2.70. The number of aromatic nitrogens is 2. The molecule has 0 spiro atoms. The highest BCUT2D eigenvalue weighted by atomic mass is 16.5. The fourth-order valence-electron chi connectivity index (χ4n) is 2.49. The second-order valence-electron chi connectivity index (χ2n) is 5.44. The lowest BCUT2D eigenvalue weighted by atomic mass is 10.2. The summed E-state index contributed by atoms with van der Waals surface area (Å²) in [4.78, 5) is 8.46. The average Bonchev–Trinajstić information content (AvgIpc) is 3.04. The molecule has 1 aromatic heterocycles. The summed E-state index contributed by atoms with van der Waals surface area (Å²) in [6, 6.07) is 8.01. The second-order valence-corrected chi connectivity index (χ2v) is 5.44. The van der Waals surface area contributed by atoms with Gasteiger partial charge < -0.3 is 21.1 Å². The zero-order chi connectivity index (χ0) is 15.4. The Kier molecular flexibility index (Phi) is 4.39. The van der Waals surface area contributed by atoms with Crippen LogP contribution in [0.4, 0.5) is 23.0 Å². The predicted molar refractivity (Wildman–Crippen MR) is 88.4 cm³/mol. The summed E-state index contributed by atoms with van der Waals surface area (Å²) >= 11 is 0. The van der Waals surface area contributed by atoms with Crippen LogP contribution in [0, 0.1) is 6.92 Å². The first-order valence-electron chi connectivity index (χ1n) is 7.52. The zero-order valence-corrected chi connectivity index (χ0v) is 12.7. The Balaban J connectivity index is 1.72. The summed E-state index contributed by atoms with van der Waals surface area (Å²) in [7, 11) is 0. The van der Waals surface area contributed by atoms with E-state index in [1.165, 1.54) is 6.33 Å². The molecule has 0 bridgehead atoms. The molecule has 0 amide bonds. The monoisotopic (exact) mass is 299 g/mol.